The summed E-state index contributed by atoms with van der Waals surface area (Å²) in [6.07, 6.45) is 3.37. The van der Waals surface area contributed by atoms with E-state index in [1.165, 1.54) is 0 Å². The summed E-state index contributed by atoms with van der Waals surface area (Å²) in [4.78, 5) is 11.7. The van der Waals surface area contributed by atoms with Gasteiger partial charge in [-0.1, -0.05) is 23.7 Å². The van der Waals surface area contributed by atoms with E-state index in [0.29, 0.717) is 5.02 Å². The smallest absolute Gasteiger partial charge is 0.141 e. The van der Waals surface area contributed by atoms with Gasteiger partial charge in [-0.25, -0.2) is 4.98 Å². The maximum Gasteiger partial charge on any atom is 0.141 e. The van der Waals surface area contributed by atoms with Gasteiger partial charge in [-0.3, -0.25) is 4.98 Å². The molecule has 1 aromatic carbocycles. The molecule has 0 saturated heterocycles. The average Bonchev–Trinajstić information content (AvgIpc) is 2.73. The normalized spacial score (nSPS) is 10.8. The van der Waals surface area contributed by atoms with Crippen molar-refractivity contribution in [2.45, 2.75) is 0 Å². The minimum atomic E-state index is 0.647. The van der Waals surface area contributed by atoms with Crippen LogP contribution in [0.15, 0.2) is 42.7 Å². The highest BCUT2D eigenvalue weighted by Crippen LogP contribution is 2.25. The molecule has 0 spiro atoms. The lowest BCUT2D eigenvalue weighted by atomic mass is 10.3. The van der Waals surface area contributed by atoms with Gasteiger partial charge >= 0.3 is 0 Å². The van der Waals surface area contributed by atoms with Crippen LogP contribution in [-0.2, 0) is 0 Å². The lowest BCUT2D eigenvalue weighted by Crippen LogP contribution is -1.83. The van der Waals surface area contributed by atoms with E-state index in [4.69, 9.17) is 11.6 Å². The fourth-order valence-electron chi connectivity index (χ4n) is 1.63. The number of fused-ring (bicyclic) bond motifs is 1. The molecule has 0 bridgehead atoms. The molecule has 0 aliphatic rings. The van der Waals surface area contributed by atoms with E-state index < -0.39 is 0 Å². The van der Waals surface area contributed by atoms with Gasteiger partial charge in [-0.05, 0) is 18.2 Å². The van der Waals surface area contributed by atoms with E-state index in [2.05, 4.69) is 15.0 Å². The number of para-hydroxylation sites is 2. The fraction of sp³-hybridized carbons (Fsp3) is 0. The SMILES string of the molecule is Clc1ccncc1-c1nc2ccccc2[nH]1. The van der Waals surface area contributed by atoms with Gasteiger partial charge in [0.15, 0.2) is 0 Å². The second kappa shape index (κ2) is 3.61. The van der Waals surface area contributed by atoms with Crippen LogP contribution in [0.4, 0.5) is 0 Å². The number of halogens is 1. The van der Waals surface area contributed by atoms with Gasteiger partial charge in [0.05, 0.1) is 21.6 Å². The first kappa shape index (κ1) is 9.36. The van der Waals surface area contributed by atoms with Gasteiger partial charge in [0.25, 0.3) is 0 Å². The number of pyridine rings is 1. The van der Waals surface area contributed by atoms with Gasteiger partial charge in [0.2, 0.25) is 0 Å². The van der Waals surface area contributed by atoms with Gasteiger partial charge in [-0.15, -0.1) is 0 Å². The molecule has 3 rings (SSSR count). The Hall–Kier alpha value is -1.87. The second-order valence-corrected chi connectivity index (χ2v) is 3.87. The van der Waals surface area contributed by atoms with E-state index in [-0.39, 0.29) is 0 Å². The molecule has 0 aliphatic carbocycles. The van der Waals surface area contributed by atoms with Crippen LogP contribution < -0.4 is 0 Å². The Bertz CT molecular complexity index is 612. The third kappa shape index (κ3) is 1.46. The van der Waals surface area contributed by atoms with Crippen LogP contribution in [0.3, 0.4) is 0 Å². The van der Waals surface area contributed by atoms with Crippen molar-refractivity contribution in [1.29, 1.82) is 0 Å². The number of benzene rings is 1. The van der Waals surface area contributed by atoms with E-state index in [9.17, 15) is 0 Å². The third-order valence-electron chi connectivity index (χ3n) is 2.41. The summed E-state index contributed by atoms with van der Waals surface area (Å²) < 4.78 is 0. The number of nitrogens with one attached hydrogen (secondary N) is 1. The Morgan fingerprint density at radius 1 is 1.12 bits per heavy atom. The summed E-state index contributed by atoms with van der Waals surface area (Å²) in [7, 11) is 0. The Morgan fingerprint density at radius 2 is 2.00 bits per heavy atom. The first-order valence-corrected chi connectivity index (χ1v) is 5.27. The summed E-state index contributed by atoms with van der Waals surface area (Å²) in [5.74, 6) is 0.749. The van der Waals surface area contributed by atoms with Crippen molar-refractivity contribution in [2.75, 3.05) is 0 Å². The molecule has 3 nitrogen and oxygen atoms in total. The topological polar surface area (TPSA) is 41.6 Å². The molecule has 0 amide bonds. The number of imidazole rings is 1. The van der Waals surface area contributed by atoms with Crippen LogP contribution in [0.2, 0.25) is 5.02 Å². The first-order valence-electron chi connectivity index (χ1n) is 4.89. The predicted octanol–water partition coefficient (Wildman–Crippen LogP) is 3.28. The highest BCUT2D eigenvalue weighted by Gasteiger charge is 2.07. The Kier molecular flexibility index (Phi) is 2.11. The van der Waals surface area contributed by atoms with Crippen LogP contribution in [0.5, 0.6) is 0 Å². The largest absolute Gasteiger partial charge is 0.338 e. The summed E-state index contributed by atoms with van der Waals surface area (Å²) in [5.41, 5.74) is 2.75. The fourth-order valence-corrected chi connectivity index (χ4v) is 1.83. The Labute approximate surface area is 97.1 Å². The summed E-state index contributed by atoms with van der Waals surface area (Å²) in [6.45, 7) is 0. The number of rotatable bonds is 1. The van der Waals surface area contributed by atoms with Crippen molar-refractivity contribution < 1.29 is 0 Å². The zero-order valence-corrected chi connectivity index (χ0v) is 9.07. The molecule has 3 aromatic rings. The molecule has 0 fully saturated rings. The maximum atomic E-state index is 6.09. The van der Waals surface area contributed by atoms with Gasteiger partial charge in [0.1, 0.15) is 5.82 Å². The van der Waals surface area contributed by atoms with E-state index >= 15 is 0 Å². The Morgan fingerprint density at radius 3 is 2.81 bits per heavy atom. The summed E-state index contributed by atoms with van der Waals surface area (Å²) in [6, 6.07) is 9.62. The van der Waals surface area contributed by atoms with Crippen molar-refractivity contribution in [1.82, 2.24) is 15.0 Å². The molecule has 4 heteroatoms. The number of H-pyrrole nitrogens is 1. The zero-order valence-electron chi connectivity index (χ0n) is 8.31. The van der Waals surface area contributed by atoms with Crippen molar-refractivity contribution in [3.8, 4) is 11.4 Å². The second-order valence-electron chi connectivity index (χ2n) is 3.46. The number of aromatic amines is 1. The molecule has 0 saturated carbocycles. The molecule has 16 heavy (non-hydrogen) atoms. The van der Waals surface area contributed by atoms with Crippen molar-refractivity contribution in [3.05, 3.63) is 47.7 Å². The van der Waals surface area contributed by atoms with Gasteiger partial charge in [-0.2, -0.15) is 0 Å². The molecular weight excluding hydrogens is 222 g/mol. The van der Waals surface area contributed by atoms with Gasteiger partial charge in [0, 0.05) is 12.4 Å². The lowest BCUT2D eigenvalue weighted by molar-refractivity contribution is 1.27. The molecule has 0 unspecified atom stereocenters. The highest BCUT2D eigenvalue weighted by atomic mass is 35.5. The van der Waals surface area contributed by atoms with Crippen molar-refractivity contribution in [2.24, 2.45) is 0 Å². The maximum absolute atomic E-state index is 6.09. The molecule has 2 heterocycles. The van der Waals surface area contributed by atoms with E-state index in [1.54, 1.807) is 18.5 Å². The molecule has 0 radical (unpaired) electrons. The minimum absolute atomic E-state index is 0.647. The Balaban J connectivity index is 2.23. The molecule has 0 atom stereocenters. The quantitative estimate of drug-likeness (QED) is 0.696. The molecule has 78 valence electrons. The number of nitrogens with zero attached hydrogens (tertiary/aromatic N) is 2. The standard InChI is InChI=1S/C12H8ClN3/c13-9-5-6-14-7-8(9)12-15-10-3-1-2-4-11(10)16-12/h1-7H,(H,15,16). The summed E-state index contributed by atoms with van der Waals surface area (Å²) in [5, 5.41) is 0.647. The predicted molar refractivity (Wildman–Crippen MR) is 64.3 cm³/mol. The van der Waals surface area contributed by atoms with Crippen LogP contribution in [-0.4, -0.2) is 15.0 Å². The highest BCUT2D eigenvalue weighted by molar-refractivity contribution is 6.33. The summed E-state index contributed by atoms with van der Waals surface area (Å²) >= 11 is 6.09. The molecule has 2 aromatic heterocycles. The number of hydrogen-bond donors (Lipinski definition) is 1. The monoisotopic (exact) mass is 229 g/mol. The van der Waals surface area contributed by atoms with E-state index in [0.717, 1.165) is 22.4 Å². The van der Waals surface area contributed by atoms with Crippen LogP contribution in [0.1, 0.15) is 0 Å². The van der Waals surface area contributed by atoms with Gasteiger partial charge < -0.3 is 4.98 Å². The molecular formula is C12H8ClN3. The molecule has 0 aliphatic heterocycles. The van der Waals surface area contributed by atoms with E-state index in [1.807, 2.05) is 24.3 Å². The average molecular weight is 230 g/mol. The molecule has 1 N–H and O–H groups in total. The van der Waals surface area contributed by atoms with Crippen LogP contribution in [0.25, 0.3) is 22.4 Å². The van der Waals surface area contributed by atoms with Crippen LogP contribution in [0, 0.1) is 0 Å². The third-order valence-corrected chi connectivity index (χ3v) is 2.74. The minimum Gasteiger partial charge on any atom is -0.338 e. The van der Waals surface area contributed by atoms with Crippen molar-refractivity contribution in [3.63, 3.8) is 0 Å². The van der Waals surface area contributed by atoms with Crippen LogP contribution >= 0.6 is 11.6 Å². The number of hydrogen-bond acceptors (Lipinski definition) is 2. The lowest BCUT2D eigenvalue weighted by Gasteiger charge is -1.97. The number of aromatic nitrogens is 3. The first-order chi connectivity index (χ1) is 7.84. The van der Waals surface area contributed by atoms with Crippen molar-refractivity contribution >= 4 is 22.6 Å². The zero-order chi connectivity index (χ0) is 11.0.